The molecule has 164 valence electrons. The number of carbonyl (C=O) groups excluding carboxylic acids is 2. The van der Waals surface area contributed by atoms with Crippen LogP contribution in [-0.4, -0.2) is 56.5 Å². The van der Waals surface area contributed by atoms with Gasteiger partial charge in [0.25, 0.3) is 0 Å². The van der Waals surface area contributed by atoms with Gasteiger partial charge in [0, 0.05) is 37.8 Å². The second-order valence-corrected chi connectivity index (χ2v) is 7.21. The number of ketones is 1. The largest absolute Gasteiger partial charge is 0.493 e. The van der Waals surface area contributed by atoms with Gasteiger partial charge in [0.15, 0.2) is 17.3 Å². The molecule has 0 saturated carbocycles. The van der Waals surface area contributed by atoms with Gasteiger partial charge >= 0.3 is 0 Å². The van der Waals surface area contributed by atoms with Crippen molar-refractivity contribution in [3.63, 3.8) is 0 Å². The van der Waals surface area contributed by atoms with Gasteiger partial charge in [-0.25, -0.2) is 4.39 Å². The molecular formula is C24H27FN2O4. The predicted molar refractivity (Wildman–Crippen MR) is 118 cm³/mol. The Kier molecular flexibility index (Phi) is 7.28. The Hall–Kier alpha value is -3.35. The fraction of sp³-hybridized carbons (Fsp3) is 0.333. The van der Waals surface area contributed by atoms with Gasteiger partial charge in [-0.15, -0.1) is 0 Å². The van der Waals surface area contributed by atoms with Crippen LogP contribution >= 0.6 is 0 Å². The van der Waals surface area contributed by atoms with E-state index < -0.39 is 5.82 Å². The van der Waals surface area contributed by atoms with Crippen molar-refractivity contribution >= 4 is 23.5 Å². The first-order valence-electron chi connectivity index (χ1n) is 10.3. The first kappa shape index (κ1) is 22.3. The number of methoxy groups -OCH3 is 1. The van der Waals surface area contributed by atoms with Gasteiger partial charge in [-0.2, -0.15) is 0 Å². The van der Waals surface area contributed by atoms with Crippen LogP contribution in [0.3, 0.4) is 0 Å². The van der Waals surface area contributed by atoms with E-state index in [1.54, 1.807) is 36.3 Å². The molecule has 1 aliphatic rings. The number of hydrogen-bond donors (Lipinski definition) is 0. The minimum atomic E-state index is -0.419. The van der Waals surface area contributed by atoms with Crippen molar-refractivity contribution in [3.8, 4) is 11.5 Å². The molecule has 3 rings (SSSR count). The van der Waals surface area contributed by atoms with Crippen molar-refractivity contribution in [2.24, 2.45) is 0 Å². The third kappa shape index (κ3) is 5.42. The third-order valence-corrected chi connectivity index (χ3v) is 5.19. The SMILES string of the molecule is CCOc1cc(C=CC(=O)N2CCN(c3ccc(C(C)=O)cc3F)CC2)ccc1OC. The van der Waals surface area contributed by atoms with Crippen LogP contribution < -0.4 is 14.4 Å². The lowest BCUT2D eigenvalue weighted by Gasteiger charge is -2.35. The first-order valence-corrected chi connectivity index (χ1v) is 10.3. The van der Waals surface area contributed by atoms with Crippen molar-refractivity contribution in [2.45, 2.75) is 13.8 Å². The number of rotatable bonds is 7. The Labute approximate surface area is 181 Å². The molecule has 1 amide bonds. The molecule has 2 aromatic carbocycles. The molecule has 0 unspecified atom stereocenters. The van der Waals surface area contributed by atoms with Crippen molar-refractivity contribution in [1.29, 1.82) is 0 Å². The zero-order chi connectivity index (χ0) is 22.4. The van der Waals surface area contributed by atoms with Crippen molar-refractivity contribution in [2.75, 3.05) is 44.8 Å². The molecule has 31 heavy (non-hydrogen) atoms. The number of ether oxygens (including phenoxy) is 2. The van der Waals surface area contributed by atoms with Gasteiger partial charge in [0.2, 0.25) is 5.91 Å². The lowest BCUT2D eigenvalue weighted by atomic mass is 10.1. The Bertz CT molecular complexity index is 982. The van der Waals surface area contributed by atoms with Crippen LogP contribution in [0.5, 0.6) is 11.5 Å². The Morgan fingerprint density at radius 3 is 2.42 bits per heavy atom. The summed E-state index contributed by atoms with van der Waals surface area (Å²) < 4.78 is 25.2. The summed E-state index contributed by atoms with van der Waals surface area (Å²) in [5.41, 5.74) is 1.64. The molecular weight excluding hydrogens is 399 g/mol. The Balaban J connectivity index is 1.60. The maximum Gasteiger partial charge on any atom is 0.246 e. The second kappa shape index (κ2) is 10.1. The van der Waals surface area contributed by atoms with Gasteiger partial charge in [0.1, 0.15) is 5.82 Å². The predicted octanol–water partition coefficient (Wildman–Crippen LogP) is 3.80. The fourth-order valence-electron chi connectivity index (χ4n) is 3.49. The molecule has 0 aromatic heterocycles. The summed E-state index contributed by atoms with van der Waals surface area (Å²) in [6.07, 6.45) is 3.28. The molecule has 0 atom stereocenters. The topological polar surface area (TPSA) is 59.1 Å². The normalized spacial score (nSPS) is 14.1. The maximum atomic E-state index is 14.4. The second-order valence-electron chi connectivity index (χ2n) is 7.21. The molecule has 7 heteroatoms. The zero-order valence-corrected chi connectivity index (χ0v) is 18.1. The van der Waals surface area contributed by atoms with E-state index in [9.17, 15) is 14.0 Å². The number of anilines is 1. The van der Waals surface area contributed by atoms with Gasteiger partial charge in [-0.3, -0.25) is 9.59 Å². The van der Waals surface area contributed by atoms with E-state index in [0.717, 1.165) is 5.56 Å². The molecule has 0 N–H and O–H groups in total. The number of nitrogens with zero attached hydrogens (tertiary/aromatic N) is 2. The number of piperazine rings is 1. The summed E-state index contributed by atoms with van der Waals surface area (Å²) in [5, 5.41) is 0. The molecule has 1 aliphatic heterocycles. The lowest BCUT2D eigenvalue weighted by molar-refractivity contribution is -0.126. The monoisotopic (exact) mass is 426 g/mol. The average molecular weight is 426 g/mol. The number of halogens is 1. The van der Waals surface area contributed by atoms with Crippen LogP contribution in [0.2, 0.25) is 0 Å². The van der Waals surface area contributed by atoms with Crippen LogP contribution in [0.15, 0.2) is 42.5 Å². The van der Waals surface area contributed by atoms with Gasteiger partial charge in [0.05, 0.1) is 19.4 Å². The number of benzene rings is 2. The summed E-state index contributed by atoms with van der Waals surface area (Å²) in [6, 6.07) is 10.0. The standard InChI is InChI=1S/C24H27FN2O4/c1-4-31-23-15-18(5-9-22(23)30-3)6-10-24(29)27-13-11-26(12-14-27)21-8-7-19(17(2)28)16-20(21)25/h5-10,15-16H,4,11-14H2,1-3H3. The van der Waals surface area contributed by atoms with Crippen LogP contribution in [-0.2, 0) is 4.79 Å². The zero-order valence-electron chi connectivity index (χ0n) is 18.1. The molecule has 1 fully saturated rings. The molecule has 1 heterocycles. The van der Waals surface area contributed by atoms with Crippen LogP contribution in [0, 0.1) is 5.82 Å². The fourth-order valence-corrected chi connectivity index (χ4v) is 3.49. The first-order chi connectivity index (χ1) is 14.9. The number of carbonyl (C=O) groups is 2. The van der Waals surface area contributed by atoms with E-state index >= 15 is 0 Å². The maximum absolute atomic E-state index is 14.4. The van der Waals surface area contributed by atoms with E-state index in [1.165, 1.54) is 19.1 Å². The molecule has 0 aliphatic carbocycles. The smallest absolute Gasteiger partial charge is 0.246 e. The summed E-state index contributed by atoms with van der Waals surface area (Å²) in [6.45, 7) is 5.85. The molecule has 0 spiro atoms. The van der Waals surface area contributed by atoms with Gasteiger partial charge < -0.3 is 19.3 Å². The summed E-state index contributed by atoms with van der Waals surface area (Å²) >= 11 is 0. The van der Waals surface area contributed by atoms with Crippen LogP contribution in [0.4, 0.5) is 10.1 Å². The summed E-state index contributed by atoms with van der Waals surface area (Å²) in [7, 11) is 1.58. The molecule has 1 saturated heterocycles. The average Bonchev–Trinajstić information content (AvgIpc) is 2.78. The minimum Gasteiger partial charge on any atom is -0.493 e. The number of Topliss-reactive ketones (excluding diaryl/α,β-unsaturated/α-hetero) is 1. The highest BCUT2D eigenvalue weighted by Crippen LogP contribution is 2.28. The highest BCUT2D eigenvalue weighted by atomic mass is 19.1. The van der Waals surface area contributed by atoms with E-state index in [-0.39, 0.29) is 11.7 Å². The van der Waals surface area contributed by atoms with E-state index in [4.69, 9.17) is 9.47 Å². The molecule has 6 nitrogen and oxygen atoms in total. The molecule has 2 aromatic rings. The van der Waals surface area contributed by atoms with Crippen molar-refractivity contribution in [1.82, 2.24) is 4.90 Å². The van der Waals surface area contributed by atoms with E-state index in [0.29, 0.717) is 55.5 Å². The van der Waals surface area contributed by atoms with Crippen LogP contribution in [0.1, 0.15) is 29.8 Å². The van der Waals surface area contributed by atoms with E-state index in [1.807, 2.05) is 24.0 Å². The summed E-state index contributed by atoms with van der Waals surface area (Å²) in [5.74, 6) is 0.590. The Morgan fingerprint density at radius 1 is 1.06 bits per heavy atom. The van der Waals surface area contributed by atoms with E-state index in [2.05, 4.69) is 0 Å². The highest BCUT2D eigenvalue weighted by Gasteiger charge is 2.22. The molecule has 0 radical (unpaired) electrons. The van der Waals surface area contributed by atoms with Gasteiger partial charge in [-0.05, 0) is 55.8 Å². The number of hydrogen-bond acceptors (Lipinski definition) is 5. The van der Waals surface area contributed by atoms with Crippen molar-refractivity contribution in [3.05, 3.63) is 59.4 Å². The quantitative estimate of drug-likeness (QED) is 0.498. The number of amides is 1. The van der Waals surface area contributed by atoms with Crippen LogP contribution in [0.25, 0.3) is 6.08 Å². The minimum absolute atomic E-state index is 0.0965. The lowest BCUT2D eigenvalue weighted by Crippen LogP contribution is -2.48. The summed E-state index contributed by atoms with van der Waals surface area (Å²) in [4.78, 5) is 27.6. The third-order valence-electron chi connectivity index (χ3n) is 5.19. The highest BCUT2D eigenvalue weighted by molar-refractivity contribution is 5.94. The molecule has 0 bridgehead atoms. The Morgan fingerprint density at radius 2 is 1.81 bits per heavy atom. The van der Waals surface area contributed by atoms with Gasteiger partial charge in [-0.1, -0.05) is 6.07 Å². The van der Waals surface area contributed by atoms with Crippen molar-refractivity contribution < 1.29 is 23.5 Å².